The lowest BCUT2D eigenvalue weighted by atomic mass is 9.82. The maximum Gasteiger partial charge on any atom is 0.316 e. The number of hydrogen-bond donors (Lipinski definition) is 0. The molecular formula is C28H28N2O5. The predicted molar refractivity (Wildman–Crippen MR) is 131 cm³/mol. The zero-order valence-electron chi connectivity index (χ0n) is 19.9. The third-order valence-corrected chi connectivity index (χ3v) is 7.26. The lowest BCUT2D eigenvalue weighted by molar-refractivity contribution is -0.139. The van der Waals surface area contributed by atoms with Crippen molar-refractivity contribution in [2.75, 3.05) is 16.3 Å². The van der Waals surface area contributed by atoms with Gasteiger partial charge in [-0.25, -0.2) is 0 Å². The minimum atomic E-state index is -0.562. The molecule has 0 spiro atoms. The number of amides is 3. The molecule has 1 aliphatic carbocycles. The van der Waals surface area contributed by atoms with Gasteiger partial charge in [0.05, 0.1) is 23.4 Å². The van der Waals surface area contributed by atoms with Crippen molar-refractivity contribution in [1.29, 1.82) is 0 Å². The zero-order valence-corrected chi connectivity index (χ0v) is 19.9. The SMILES string of the molecule is CCc1ccccc1N1C[C@H](C(=O)Oc2ccc(N3C(=O)[C@H]4CC=C(C)C[C@H]4C3=O)cc2)CC1=O. The van der Waals surface area contributed by atoms with E-state index in [0.717, 1.165) is 23.2 Å². The van der Waals surface area contributed by atoms with E-state index in [0.29, 0.717) is 24.3 Å². The fraction of sp³-hybridized carbons (Fsp3) is 0.357. The van der Waals surface area contributed by atoms with E-state index in [9.17, 15) is 19.2 Å². The second-order valence-electron chi connectivity index (χ2n) is 9.52. The van der Waals surface area contributed by atoms with Crippen molar-refractivity contribution in [2.45, 2.75) is 39.5 Å². The summed E-state index contributed by atoms with van der Waals surface area (Å²) in [4.78, 5) is 54.2. The first-order valence-electron chi connectivity index (χ1n) is 12.1. The Balaban J connectivity index is 1.25. The van der Waals surface area contributed by atoms with Gasteiger partial charge in [0, 0.05) is 18.7 Å². The molecule has 2 fully saturated rings. The van der Waals surface area contributed by atoms with Crippen LogP contribution in [0.25, 0.3) is 0 Å². The van der Waals surface area contributed by atoms with E-state index in [1.165, 1.54) is 4.90 Å². The van der Waals surface area contributed by atoms with Crippen LogP contribution in [0.1, 0.15) is 38.7 Å². The first-order chi connectivity index (χ1) is 16.9. The van der Waals surface area contributed by atoms with Crippen molar-refractivity contribution in [3.63, 3.8) is 0 Å². The standard InChI is InChI=1S/C28H28N2O5/c1-3-18-6-4-5-7-24(18)29-16-19(15-25(29)31)28(34)35-21-11-9-20(10-12-21)30-26(32)22-13-8-17(2)14-23(22)27(30)33/h4-12,19,22-23H,3,13-16H2,1-2H3/t19-,22+,23-/m1/s1. The highest BCUT2D eigenvalue weighted by atomic mass is 16.5. The Kier molecular flexibility index (Phi) is 6.01. The number of benzene rings is 2. The second-order valence-corrected chi connectivity index (χ2v) is 9.52. The van der Waals surface area contributed by atoms with Crippen LogP contribution in [0.4, 0.5) is 11.4 Å². The summed E-state index contributed by atoms with van der Waals surface area (Å²) in [6, 6.07) is 14.1. The Labute approximate surface area is 204 Å². The smallest absolute Gasteiger partial charge is 0.316 e. The molecular weight excluding hydrogens is 444 g/mol. The van der Waals surface area contributed by atoms with Gasteiger partial charge in [-0.05, 0) is 62.1 Å². The molecule has 2 aliphatic heterocycles. The summed E-state index contributed by atoms with van der Waals surface area (Å²) in [6.07, 6.45) is 4.13. The molecule has 3 atom stereocenters. The number of fused-ring (bicyclic) bond motifs is 1. The molecule has 0 radical (unpaired) electrons. The molecule has 0 unspecified atom stereocenters. The Hall–Kier alpha value is -3.74. The number of hydrogen-bond acceptors (Lipinski definition) is 5. The molecule has 0 saturated carbocycles. The van der Waals surface area contributed by atoms with Gasteiger partial charge >= 0.3 is 5.97 Å². The molecule has 2 heterocycles. The zero-order chi connectivity index (χ0) is 24.7. The Bertz CT molecular complexity index is 1230. The summed E-state index contributed by atoms with van der Waals surface area (Å²) in [6.45, 7) is 4.29. The average Bonchev–Trinajstić information content (AvgIpc) is 3.36. The molecule has 0 aromatic heterocycles. The quantitative estimate of drug-likeness (QED) is 0.284. The summed E-state index contributed by atoms with van der Waals surface area (Å²) < 4.78 is 5.55. The highest BCUT2D eigenvalue weighted by Gasteiger charge is 2.48. The topological polar surface area (TPSA) is 84.0 Å². The van der Waals surface area contributed by atoms with Crippen LogP contribution in [0, 0.1) is 17.8 Å². The van der Waals surface area contributed by atoms with Gasteiger partial charge < -0.3 is 9.64 Å². The van der Waals surface area contributed by atoms with Gasteiger partial charge in [-0.2, -0.15) is 0 Å². The number of rotatable bonds is 5. The first kappa shape index (κ1) is 23.0. The Morgan fingerprint density at radius 1 is 0.971 bits per heavy atom. The lowest BCUT2D eigenvalue weighted by Crippen LogP contribution is -2.30. The van der Waals surface area contributed by atoms with E-state index in [1.54, 1.807) is 29.2 Å². The molecule has 180 valence electrons. The number of carbonyl (C=O) groups excluding carboxylic acids is 4. The van der Waals surface area contributed by atoms with Gasteiger partial charge in [0.15, 0.2) is 0 Å². The number of nitrogens with zero attached hydrogens (tertiary/aromatic N) is 2. The van der Waals surface area contributed by atoms with E-state index < -0.39 is 11.9 Å². The van der Waals surface area contributed by atoms with Gasteiger partial charge in [0.2, 0.25) is 17.7 Å². The monoisotopic (exact) mass is 472 g/mol. The van der Waals surface area contributed by atoms with Crippen LogP contribution in [0.5, 0.6) is 5.75 Å². The molecule has 2 saturated heterocycles. The maximum atomic E-state index is 12.9. The van der Waals surface area contributed by atoms with E-state index in [-0.39, 0.29) is 42.5 Å². The predicted octanol–water partition coefficient (Wildman–Crippen LogP) is 4.05. The average molecular weight is 473 g/mol. The molecule has 7 heteroatoms. The Morgan fingerprint density at radius 3 is 2.43 bits per heavy atom. The molecule has 0 bridgehead atoms. The molecule has 3 amide bonds. The van der Waals surface area contributed by atoms with Crippen LogP contribution < -0.4 is 14.5 Å². The van der Waals surface area contributed by atoms with Crippen molar-refractivity contribution in [1.82, 2.24) is 0 Å². The minimum absolute atomic E-state index is 0.0968. The van der Waals surface area contributed by atoms with E-state index in [4.69, 9.17) is 4.74 Å². The summed E-state index contributed by atoms with van der Waals surface area (Å²) in [7, 11) is 0. The molecule has 3 aliphatic rings. The molecule has 2 aromatic rings. The van der Waals surface area contributed by atoms with Gasteiger partial charge in [0.1, 0.15) is 5.75 Å². The fourth-order valence-electron chi connectivity index (χ4n) is 5.33. The Morgan fingerprint density at radius 2 is 1.69 bits per heavy atom. The van der Waals surface area contributed by atoms with Crippen LogP contribution in [0.3, 0.4) is 0 Å². The first-order valence-corrected chi connectivity index (χ1v) is 12.1. The van der Waals surface area contributed by atoms with E-state index in [1.807, 2.05) is 44.2 Å². The largest absolute Gasteiger partial charge is 0.426 e. The number of esters is 1. The summed E-state index contributed by atoms with van der Waals surface area (Å²) >= 11 is 0. The van der Waals surface area contributed by atoms with E-state index >= 15 is 0 Å². The lowest BCUT2D eigenvalue weighted by Gasteiger charge is -2.19. The summed E-state index contributed by atoms with van der Waals surface area (Å²) in [5.41, 5.74) is 3.51. The molecule has 5 rings (SSSR count). The van der Waals surface area contributed by atoms with Crippen LogP contribution in [-0.2, 0) is 25.6 Å². The number of imide groups is 1. The van der Waals surface area contributed by atoms with Gasteiger partial charge in [-0.3, -0.25) is 24.1 Å². The number of aryl methyl sites for hydroxylation is 1. The van der Waals surface area contributed by atoms with Gasteiger partial charge in [-0.1, -0.05) is 36.8 Å². The van der Waals surface area contributed by atoms with Crippen LogP contribution in [0.15, 0.2) is 60.2 Å². The normalized spacial score (nSPS) is 24.0. The summed E-state index contributed by atoms with van der Waals surface area (Å²) in [5.74, 6) is -1.76. The van der Waals surface area contributed by atoms with Crippen molar-refractivity contribution in [3.8, 4) is 5.75 Å². The van der Waals surface area contributed by atoms with Gasteiger partial charge in [-0.15, -0.1) is 0 Å². The van der Waals surface area contributed by atoms with Crippen molar-refractivity contribution < 1.29 is 23.9 Å². The number of allylic oxidation sites excluding steroid dienone is 2. The third-order valence-electron chi connectivity index (χ3n) is 7.26. The minimum Gasteiger partial charge on any atom is -0.426 e. The number of carbonyl (C=O) groups is 4. The second kappa shape index (κ2) is 9.13. The van der Waals surface area contributed by atoms with Crippen LogP contribution >= 0.6 is 0 Å². The van der Waals surface area contributed by atoms with Crippen molar-refractivity contribution >= 4 is 35.1 Å². The highest BCUT2D eigenvalue weighted by Crippen LogP contribution is 2.40. The third kappa shape index (κ3) is 4.16. The molecule has 35 heavy (non-hydrogen) atoms. The molecule has 7 nitrogen and oxygen atoms in total. The van der Waals surface area contributed by atoms with Crippen LogP contribution in [0.2, 0.25) is 0 Å². The van der Waals surface area contributed by atoms with Gasteiger partial charge in [0.25, 0.3) is 0 Å². The number of ether oxygens (including phenoxy) is 1. The van der Waals surface area contributed by atoms with Crippen molar-refractivity contribution in [3.05, 3.63) is 65.7 Å². The fourth-order valence-corrected chi connectivity index (χ4v) is 5.33. The molecule has 0 N–H and O–H groups in total. The number of anilines is 2. The maximum absolute atomic E-state index is 12.9. The highest BCUT2D eigenvalue weighted by molar-refractivity contribution is 6.22. The molecule has 2 aromatic carbocycles. The number of para-hydroxylation sites is 1. The van der Waals surface area contributed by atoms with Crippen LogP contribution in [-0.4, -0.2) is 30.2 Å². The van der Waals surface area contributed by atoms with E-state index in [2.05, 4.69) is 0 Å². The van der Waals surface area contributed by atoms with Crippen molar-refractivity contribution in [2.24, 2.45) is 17.8 Å². The summed E-state index contributed by atoms with van der Waals surface area (Å²) in [5, 5.41) is 0.